The predicted octanol–water partition coefficient (Wildman–Crippen LogP) is 5.00. The number of alkyl halides is 3. The second-order valence-corrected chi connectivity index (χ2v) is 5.52. The minimum atomic E-state index is -4.39. The van der Waals surface area contributed by atoms with Crippen molar-refractivity contribution in [3.8, 4) is 0 Å². The molecule has 0 radical (unpaired) electrons. The lowest BCUT2D eigenvalue weighted by Crippen LogP contribution is -2.09. The summed E-state index contributed by atoms with van der Waals surface area (Å²) in [5, 5.41) is 10.3. The van der Waals surface area contributed by atoms with Crippen molar-refractivity contribution in [1.29, 1.82) is 0 Å². The molecular weight excluding hydrogens is 321 g/mol. The average molecular weight is 335 g/mol. The lowest BCUT2D eigenvalue weighted by atomic mass is 9.91. The molecule has 104 valence electrons. The summed E-state index contributed by atoms with van der Waals surface area (Å²) in [5.41, 5.74) is 0.357. The van der Waals surface area contributed by atoms with Gasteiger partial charge in [-0.1, -0.05) is 22.0 Å². The molecule has 0 fully saturated rings. The van der Waals surface area contributed by atoms with E-state index < -0.39 is 17.8 Å². The molecular formula is C14H14BrF3O. The molecule has 1 aromatic carbocycles. The van der Waals surface area contributed by atoms with E-state index in [-0.39, 0.29) is 5.56 Å². The van der Waals surface area contributed by atoms with Crippen molar-refractivity contribution in [3.05, 3.63) is 45.4 Å². The highest BCUT2D eigenvalue weighted by atomic mass is 79.9. The lowest BCUT2D eigenvalue weighted by Gasteiger charge is -2.21. The Kier molecular flexibility index (Phi) is 4.36. The van der Waals surface area contributed by atoms with Crippen LogP contribution in [0.1, 0.15) is 42.9 Å². The third-order valence-electron chi connectivity index (χ3n) is 3.30. The molecule has 0 spiro atoms. The van der Waals surface area contributed by atoms with Crippen molar-refractivity contribution in [2.75, 3.05) is 0 Å². The zero-order valence-electron chi connectivity index (χ0n) is 10.2. The highest BCUT2D eigenvalue weighted by Crippen LogP contribution is 2.37. The topological polar surface area (TPSA) is 20.2 Å². The largest absolute Gasteiger partial charge is 0.416 e. The molecule has 5 heteroatoms. The van der Waals surface area contributed by atoms with Crippen LogP contribution in [0.5, 0.6) is 0 Å². The Balaban J connectivity index is 2.35. The standard InChI is InChI=1S/C14H14BrF3O/c15-12-7-6-10(14(16,17)18)8-11(12)13(19)9-4-2-1-3-5-9/h4,6-8,13,19H,1-3,5H2. The first kappa shape index (κ1) is 14.6. The van der Waals surface area contributed by atoms with Crippen LogP contribution in [0.4, 0.5) is 13.2 Å². The molecule has 0 aromatic heterocycles. The van der Waals surface area contributed by atoms with E-state index in [0.717, 1.165) is 43.4 Å². The van der Waals surface area contributed by atoms with E-state index in [4.69, 9.17) is 0 Å². The number of halogens is 4. The van der Waals surface area contributed by atoms with Gasteiger partial charge in [0.15, 0.2) is 0 Å². The van der Waals surface area contributed by atoms with Gasteiger partial charge in [0, 0.05) is 4.47 Å². The molecule has 0 saturated heterocycles. The van der Waals surface area contributed by atoms with Gasteiger partial charge in [-0.15, -0.1) is 0 Å². The molecule has 1 aliphatic rings. The van der Waals surface area contributed by atoms with Crippen LogP contribution in [0.15, 0.2) is 34.3 Å². The number of aliphatic hydroxyl groups is 1. The Morgan fingerprint density at radius 2 is 1.95 bits per heavy atom. The van der Waals surface area contributed by atoms with E-state index in [2.05, 4.69) is 15.9 Å². The second-order valence-electron chi connectivity index (χ2n) is 4.66. The molecule has 0 heterocycles. The first-order chi connectivity index (χ1) is 8.89. The van der Waals surface area contributed by atoms with E-state index in [1.807, 2.05) is 6.08 Å². The number of hydrogen-bond donors (Lipinski definition) is 1. The highest BCUT2D eigenvalue weighted by molar-refractivity contribution is 9.10. The Hall–Kier alpha value is -0.810. The SMILES string of the molecule is OC(C1=CCCCC1)c1cc(C(F)(F)F)ccc1Br. The lowest BCUT2D eigenvalue weighted by molar-refractivity contribution is -0.137. The molecule has 0 saturated carbocycles. The van der Waals surface area contributed by atoms with Gasteiger partial charge in [-0.25, -0.2) is 0 Å². The van der Waals surface area contributed by atoms with Crippen LogP contribution in [0.3, 0.4) is 0 Å². The Morgan fingerprint density at radius 1 is 1.21 bits per heavy atom. The van der Waals surface area contributed by atoms with Crippen molar-refractivity contribution in [2.24, 2.45) is 0 Å². The van der Waals surface area contributed by atoms with Crippen LogP contribution in [0.2, 0.25) is 0 Å². The average Bonchev–Trinajstić information content (AvgIpc) is 2.38. The smallest absolute Gasteiger partial charge is 0.384 e. The summed E-state index contributed by atoms with van der Waals surface area (Å²) >= 11 is 3.21. The van der Waals surface area contributed by atoms with Crippen molar-refractivity contribution < 1.29 is 18.3 Å². The van der Waals surface area contributed by atoms with Gasteiger partial charge in [0.25, 0.3) is 0 Å². The minimum Gasteiger partial charge on any atom is -0.384 e. The zero-order chi connectivity index (χ0) is 14.0. The zero-order valence-corrected chi connectivity index (χ0v) is 11.8. The first-order valence-electron chi connectivity index (χ1n) is 6.13. The third-order valence-corrected chi connectivity index (χ3v) is 4.02. The number of allylic oxidation sites excluding steroid dienone is 1. The van der Waals surface area contributed by atoms with Gasteiger partial charge < -0.3 is 5.11 Å². The Bertz CT molecular complexity index is 494. The summed E-state index contributed by atoms with van der Waals surface area (Å²) in [6.45, 7) is 0. The van der Waals surface area contributed by atoms with Crippen molar-refractivity contribution in [3.63, 3.8) is 0 Å². The summed E-state index contributed by atoms with van der Waals surface area (Å²) in [5.74, 6) is 0. The molecule has 2 rings (SSSR count). The van der Waals surface area contributed by atoms with Crippen LogP contribution in [-0.2, 0) is 6.18 Å². The van der Waals surface area contributed by atoms with Gasteiger partial charge in [-0.05, 0) is 55.0 Å². The molecule has 1 aromatic rings. The van der Waals surface area contributed by atoms with E-state index in [0.29, 0.717) is 4.47 Å². The molecule has 1 unspecified atom stereocenters. The van der Waals surface area contributed by atoms with Gasteiger partial charge in [-0.2, -0.15) is 13.2 Å². The normalized spacial score (nSPS) is 18.1. The highest BCUT2D eigenvalue weighted by Gasteiger charge is 2.32. The van der Waals surface area contributed by atoms with Crippen LogP contribution < -0.4 is 0 Å². The van der Waals surface area contributed by atoms with Crippen LogP contribution in [0, 0.1) is 0 Å². The van der Waals surface area contributed by atoms with E-state index >= 15 is 0 Å². The van der Waals surface area contributed by atoms with Crippen LogP contribution >= 0.6 is 15.9 Å². The fraction of sp³-hybridized carbons (Fsp3) is 0.429. The Morgan fingerprint density at radius 3 is 2.53 bits per heavy atom. The van der Waals surface area contributed by atoms with Gasteiger partial charge in [0.05, 0.1) is 5.56 Å². The number of benzene rings is 1. The molecule has 1 atom stereocenters. The number of rotatable bonds is 2. The summed E-state index contributed by atoms with van der Waals surface area (Å²) in [4.78, 5) is 0. The molecule has 0 aliphatic heterocycles. The molecule has 19 heavy (non-hydrogen) atoms. The van der Waals surface area contributed by atoms with Gasteiger partial charge in [0.2, 0.25) is 0 Å². The number of hydrogen-bond acceptors (Lipinski definition) is 1. The third kappa shape index (κ3) is 3.39. The molecule has 1 aliphatic carbocycles. The van der Waals surface area contributed by atoms with Gasteiger partial charge in [0.1, 0.15) is 6.10 Å². The molecule has 0 amide bonds. The summed E-state index contributed by atoms with van der Waals surface area (Å²) in [6.07, 6.45) is 0.237. The van der Waals surface area contributed by atoms with Crippen LogP contribution in [0.25, 0.3) is 0 Å². The maximum Gasteiger partial charge on any atom is 0.416 e. The second kappa shape index (κ2) is 5.67. The molecule has 0 bridgehead atoms. The fourth-order valence-corrected chi connectivity index (χ4v) is 2.70. The van der Waals surface area contributed by atoms with Crippen molar-refractivity contribution >= 4 is 15.9 Å². The maximum absolute atomic E-state index is 12.7. The predicted molar refractivity (Wildman–Crippen MR) is 70.7 cm³/mol. The van der Waals surface area contributed by atoms with Gasteiger partial charge >= 0.3 is 6.18 Å². The van der Waals surface area contributed by atoms with E-state index in [1.165, 1.54) is 6.07 Å². The van der Waals surface area contributed by atoms with E-state index in [9.17, 15) is 18.3 Å². The van der Waals surface area contributed by atoms with Crippen LogP contribution in [-0.4, -0.2) is 5.11 Å². The molecule has 1 N–H and O–H groups in total. The number of aliphatic hydroxyl groups excluding tert-OH is 1. The fourth-order valence-electron chi connectivity index (χ4n) is 2.24. The summed E-state index contributed by atoms with van der Waals surface area (Å²) in [7, 11) is 0. The summed E-state index contributed by atoms with van der Waals surface area (Å²) in [6, 6.07) is 3.37. The Labute approximate surface area is 118 Å². The maximum atomic E-state index is 12.7. The summed E-state index contributed by atoms with van der Waals surface area (Å²) < 4.78 is 38.6. The van der Waals surface area contributed by atoms with Crippen molar-refractivity contribution in [2.45, 2.75) is 38.0 Å². The van der Waals surface area contributed by atoms with E-state index in [1.54, 1.807) is 0 Å². The quantitative estimate of drug-likeness (QED) is 0.754. The minimum absolute atomic E-state index is 0.281. The first-order valence-corrected chi connectivity index (χ1v) is 6.92. The molecule has 1 nitrogen and oxygen atoms in total. The van der Waals surface area contributed by atoms with Crippen molar-refractivity contribution in [1.82, 2.24) is 0 Å². The monoisotopic (exact) mass is 334 g/mol. The van der Waals surface area contributed by atoms with Gasteiger partial charge in [-0.3, -0.25) is 0 Å².